The molecular formula is C11H11NO2. The van der Waals surface area contributed by atoms with Crippen molar-refractivity contribution in [3.05, 3.63) is 29.3 Å². The lowest BCUT2D eigenvalue weighted by atomic mass is 10.0. The Morgan fingerprint density at radius 2 is 2.14 bits per heavy atom. The fourth-order valence-corrected chi connectivity index (χ4v) is 2.11. The first-order valence-electron chi connectivity index (χ1n) is 4.89. The lowest BCUT2D eigenvalue weighted by Crippen LogP contribution is -2.20. The van der Waals surface area contributed by atoms with Crippen molar-refractivity contribution in [2.45, 2.75) is 18.9 Å². The SMILES string of the molecule is O=C1NC(C2CC2)c2cc(O)ccc21. The fraction of sp³-hybridized carbons (Fsp3) is 0.364. The van der Waals surface area contributed by atoms with Gasteiger partial charge in [-0.15, -0.1) is 0 Å². The Labute approximate surface area is 81.8 Å². The zero-order valence-corrected chi connectivity index (χ0v) is 7.66. The molecule has 0 spiro atoms. The van der Waals surface area contributed by atoms with Gasteiger partial charge in [0.2, 0.25) is 0 Å². The first-order valence-corrected chi connectivity index (χ1v) is 4.89. The number of fused-ring (bicyclic) bond motifs is 1. The number of carbonyl (C=O) groups is 1. The van der Waals surface area contributed by atoms with Gasteiger partial charge in [0, 0.05) is 5.56 Å². The first kappa shape index (κ1) is 7.85. The van der Waals surface area contributed by atoms with Gasteiger partial charge in [-0.1, -0.05) is 0 Å². The van der Waals surface area contributed by atoms with Crippen molar-refractivity contribution >= 4 is 5.91 Å². The van der Waals surface area contributed by atoms with E-state index in [1.54, 1.807) is 18.2 Å². The monoisotopic (exact) mass is 189 g/mol. The van der Waals surface area contributed by atoms with Crippen molar-refractivity contribution in [1.29, 1.82) is 0 Å². The molecule has 2 aliphatic rings. The molecule has 1 amide bonds. The highest BCUT2D eigenvalue weighted by Gasteiger charge is 2.39. The quantitative estimate of drug-likeness (QED) is 0.704. The van der Waals surface area contributed by atoms with Crippen LogP contribution in [-0.2, 0) is 0 Å². The van der Waals surface area contributed by atoms with Crippen molar-refractivity contribution < 1.29 is 9.90 Å². The van der Waals surface area contributed by atoms with Gasteiger partial charge in [-0.05, 0) is 42.5 Å². The van der Waals surface area contributed by atoms with Gasteiger partial charge in [0.05, 0.1) is 6.04 Å². The van der Waals surface area contributed by atoms with E-state index in [9.17, 15) is 9.90 Å². The Balaban J connectivity index is 2.10. The van der Waals surface area contributed by atoms with Crippen LogP contribution in [0.1, 0.15) is 34.8 Å². The molecule has 1 atom stereocenters. The Morgan fingerprint density at radius 1 is 1.36 bits per heavy atom. The molecule has 1 aliphatic heterocycles. The maximum atomic E-state index is 11.5. The van der Waals surface area contributed by atoms with Crippen molar-refractivity contribution in [3.63, 3.8) is 0 Å². The zero-order valence-electron chi connectivity index (χ0n) is 7.66. The largest absolute Gasteiger partial charge is 0.508 e. The molecule has 1 saturated carbocycles. The molecule has 72 valence electrons. The second-order valence-corrected chi connectivity index (χ2v) is 4.06. The van der Waals surface area contributed by atoms with Crippen molar-refractivity contribution in [2.75, 3.05) is 0 Å². The van der Waals surface area contributed by atoms with E-state index in [1.165, 1.54) is 12.8 Å². The minimum atomic E-state index is -0.00287. The molecule has 3 heteroatoms. The fourth-order valence-electron chi connectivity index (χ4n) is 2.11. The molecule has 1 fully saturated rings. The van der Waals surface area contributed by atoms with Gasteiger partial charge in [0.25, 0.3) is 5.91 Å². The van der Waals surface area contributed by atoms with Crippen LogP contribution in [0, 0.1) is 5.92 Å². The van der Waals surface area contributed by atoms with Crippen LogP contribution in [0.25, 0.3) is 0 Å². The van der Waals surface area contributed by atoms with Gasteiger partial charge in [0.15, 0.2) is 0 Å². The van der Waals surface area contributed by atoms with E-state index in [4.69, 9.17) is 0 Å². The lowest BCUT2D eigenvalue weighted by Gasteiger charge is -2.09. The molecule has 1 aliphatic carbocycles. The summed E-state index contributed by atoms with van der Waals surface area (Å²) in [7, 11) is 0. The number of amides is 1. The van der Waals surface area contributed by atoms with Gasteiger partial charge >= 0.3 is 0 Å². The number of phenolic OH excluding ortho intramolecular Hbond substituents is 1. The van der Waals surface area contributed by atoms with Crippen LogP contribution < -0.4 is 5.32 Å². The van der Waals surface area contributed by atoms with Crippen LogP contribution >= 0.6 is 0 Å². The van der Waals surface area contributed by atoms with Crippen LogP contribution in [-0.4, -0.2) is 11.0 Å². The number of rotatable bonds is 1. The van der Waals surface area contributed by atoms with E-state index in [0.717, 1.165) is 11.1 Å². The smallest absolute Gasteiger partial charge is 0.252 e. The van der Waals surface area contributed by atoms with Gasteiger partial charge < -0.3 is 10.4 Å². The number of phenols is 1. The summed E-state index contributed by atoms with van der Waals surface area (Å²) in [5.41, 5.74) is 1.69. The molecule has 0 bridgehead atoms. The molecule has 2 N–H and O–H groups in total. The summed E-state index contributed by atoms with van der Waals surface area (Å²) in [6, 6.07) is 5.11. The van der Waals surface area contributed by atoms with Crippen molar-refractivity contribution in [1.82, 2.24) is 5.32 Å². The Morgan fingerprint density at radius 3 is 2.86 bits per heavy atom. The average molecular weight is 189 g/mol. The topological polar surface area (TPSA) is 49.3 Å². The summed E-state index contributed by atoms with van der Waals surface area (Å²) in [5, 5.41) is 12.3. The molecule has 0 aromatic heterocycles. The van der Waals surface area contributed by atoms with Gasteiger partial charge in [-0.2, -0.15) is 0 Å². The summed E-state index contributed by atoms with van der Waals surface area (Å²) in [5.74, 6) is 0.824. The van der Waals surface area contributed by atoms with E-state index >= 15 is 0 Å². The Hall–Kier alpha value is -1.51. The number of carbonyl (C=O) groups excluding carboxylic acids is 1. The van der Waals surface area contributed by atoms with E-state index in [2.05, 4.69) is 5.32 Å². The first-order chi connectivity index (χ1) is 6.75. The molecule has 1 heterocycles. The van der Waals surface area contributed by atoms with Gasteiger partial charge in [0.1, 0.15) is 5.75 Å². The summed E-state index contributed by atoms with van der Waals surface area (Å²) in [6.45, 7) is 0. The Kier molecular flexibility index (Phi) is 1.40. The van der Waals surface area contributed by atoms with Crippen molar-refractivity contribution in [3.8, 4) is 5.75 Å². The van der Waals surface area contributed by atoms with Crippen LogP contribution in [0.3, 0.4) is 0 Å². The lowest BCUT2D eigenvalue weighted by molar-refractivity contribution is 0.0953. The van der Waals surface area contributed by atoms with Gasteiger partial charge in [-0.25, -0.2) is 0 Å². The van der Waals surface area contributed by atoms with E-state index in [0.29, 0.717) is 5.92 Å². The number of benzene rings is 1. The maximum Gasteiger partial charge on any atom is 0.252 e. The van der Waals surface area contributed by atoms with Gasteiger partial charge in [-0.3, -0.25) is 4.79 Å². The number of nitrogens with one attached hydrogen (secondary N) is 1. The molecule has 0 saturated heterocycles. The van der Waals surface area contributed by atoms with E-state index in [-0.39, 0.29) is 17.7 Å². The van der Waals surface area contributed by atoms with Crippen LogP contribution in [0.15, 0.2) is 18.2 Å². The number of hydrogen-bond donors (Lipinski definition) is 2. The molecular weight excluding hydrogens is 178 g/mol. The third-order valence-electron chi connectivity index (χ3n) is 2.99. The van der Waals surface area contributed by atoms with Crippen LogP contribution in [0.4, 0.5) is 0 Å². The second-order valence-electron chi connectivity index (χ2n) is 4.06. The van der Waals surface area contributed by atoms with E-state index in [1.807, 2.05) is 0 Å². The van der Waals surface area contributed by atoms with Crippen molar-refractivity contribution in [2.24, 2.45) is 5.92 Å². The average Bonchev–Trinajstić information content (AvgIpc) is 2.93. The van der Waals surface area contributed by atoms with Crippen LogP contribution in [0.5, 0.6) is 5.75 Å². The minimum Gasteiger partial charge on any atom is -0.508 e. The molecule has 1 unspecified atom stereocenters. The normalized spacial score (nSPS) is 24.6. The number of aromatic hydroxyl groups is 1. The summed E-state index contributed by atoms with van der Waals surface area (Å²) in [4.78, 5) is 11.5. The molecule has 14 heavy (non-hydrogen) atoms. The summed E-state index contributed by atoms with van der Waals surface area (Å²) >= 11 is 0. The third kappa shape index (κ3) is 1.02. The predicted molar refractivity (Wildman–Crippen MR) is 51.0 cm³/mol. The highest BCUT2D eigenvalue weighted by atomic mass is 16.3. The molecule has 3 rings (SSSR count). The third-order valence-corrected chi connectivity index (χ3v) is 2.99. The highest BCUT2D eigenvalue weighted by molar-refractivity contribution is 5.99. The standard InChI is InChI=1S/C11H11NO2/c13-7-3-4-8-9(5-7)10(6-1-2-6)12-11(8)14/h3-6,10,13H,1-2H2,(H,12,14). The second kappa shape index (κ2) is 2.50. The zero-order chi connectivity index (χ0) is 9.71. The molecule has 0 radical (unpaired) electrons. The summed E-state index contributed by atoms with van der Waals surface area (Å²) < 4.78 is 0. The summed E-state index contributed by atoms with van der Waals surface area (Å²) in [6.07, 6.45) is 2.36. The number of hydrogen-bond acceptors (Lipinski definition) is 2. The molecule has 1 aromatic carbocycles. The maximum absolute atomic E-state index is 11.5. The molecule has 1 aromatic rings. The minimum absolute atomic E-state index is 0.00287. The van der Waals surface area contributed by atoms with Crippen LogP contribution in [0.2, 0.25) is 0 Å². The molecule has 3 nitrogen and oxygen atoms in total. The Bertz CT molecular complexity index is 410. The predicted octanol–water partition coefficient (Wildman–Crippen LogP) is 1.59. The highest BCUT2D eigenvalue weighted by Crippen LogP contribution is 2.45. The van der Waals surface area contributed by atoms with E-state index < -0.39 is 0 Å².